The van der Waals surface area contributed by atoms with Gasteiger partial charge in [0.25, 0.3) is 0 Å². The van der Waals surface area contributed by atoms with Crippen molar-refractivity contribution < 1.29 is 0 Å². The molecule has 3 nitrogen and oxygen atoms in total. The van der Waals surface area contributed by atoms with Crippen LogP contribution >= 0.6 is 0 Å². The first-order valence-corrected chi connectivity index (χ1v) is 5.76. The molecule has 0 spiro atoms. The van der Waals surface area contributed by atoms with Crippen molar-refractivity contribution >= 4 is 5.69 Å². The second-order valence-electron chi connectivity index (χ2n) is 4.28. The summed E-state index contributed by atoms with van der Waals surface area (Å²) in [6.45, 7) is 3.79. The zero-order chi connectivity index (χ0) is 10.5. The first-order chi connectivity index (χ1) is 7.34. The van der Waals surface area contributed by atoms with Gasteiger partial charge in [0.05, 0.1) is 5.69 Å². The standard InChI is InChI=1S/C12H19N3/c13-12-8-11(9-14-10-12)4-3-7-15-5-1-2-6-15/h8-10H,1-7,13H2. The quantitative estimate of drug-likeness (QED) is 0.813. The van der Waals surface area contributed by atoms with Crippen LogP contribution in [0.2, 0.25) is 0 Å². The third-order valence-electron chi connectivity index (χ3n) is 2.95. The van der Waals surface area contributed by atoms with Gasteiger partial charge < -0.3 is 10.6 Å². The van der Waals surface area contributed by atoms with Crippen LogP contribution in [0.25, 0.3) is 0 Å². The Bertz CT molecular complexity index is 305. The Morgan fingerprint density at radius 1 is 1.27 bits per heavy atom. The highest BCUT2D eigenvalue weighted by Crippen LogP contribution is 2.10. The van der Waals surface area contributed by atoms with Gasteiger partial charge >= 0.3 is 0 Å². The van der Waals surface area contributed by atoms with Crippen LogP contribution in [-0.4, -0.2) is 29.5 Å². The van der Waals surface area contributed by atoms with Gasteiger partial charge in [-0.05, 0) is 56.9 Å². The number of hydrogen-bond donors (Lipinski definition) is 1. The molecule has 2 heterocycles. The molecule has 0 bridgehead atoms. The highest BCUT2D eigenvalue weighted by Gasteiger charge is 2.10. The molecule has 0 aliphatic carbocycles. The average molecular weight is 205 g/mol. The Labute approximate surface area is 91.3 Å². The van der Waals surface area contributed by atoms with Gasteiger partial charge in [0.1, 0.15) is 0 Å². The van der Waals surface area contributed by atoms with Gasteiger partial charge in [0, 0.05) is 12.4 Å². The normalized spacial score (nSPS) is 17.1. The second kappa shape index (κ2) is 5.12. The predicted octanol–water partition coefficient (Wildman–Crippen LogP) is 1.69. The third-order valence-corrected chi connectivity index (χ3v) is 2.95. The predicted molar refractivity (Wildman–Crippen MR) is 62.6 cm³/mol. The number of nitrogens with two attached hydrogens (primary N) is 1. The van der Waals surface area contributed by atoms with Crippen molar-refractivity contribution in [3.63, 3.8) is 0 Å². The van der Waals surface area contributed by atoms with Crippen molar-refractivity contribution in [1.29, 1.82) is 0 Å². The van der Waals surface area contributed by atoms with Crippen LogP contribution in [-0.2, 0) is 6.42 Å². The lowest BCUT2D eigenvalue weighted by molar-refractivity contribution is 0.334. The fourth-order valence-electron chi connectivity index (χ4n) is 2.16. The molecule has 0 atom stereocenters. The minimum absolute atomic E-state index is 0.772. The summed E-state index contributed by atoms with van der Waals surface area (Å²) in [6, 6.07) is 2.02. The molecule has 1 aliphatic rings. The van der Waals surface area contributed by atoms with Crippen molar-refractivity contribution in [2.24, 2.45) is 0 Å². The molecule has 1 aliphatic heterocycles. The number of aromatic nitrogens is 1. The number of aryl methyl sites for hydroxylation is 1. The summed E-state index contributed by atoms with van der Waals surface area (Å²) in [5.74, 6) is 0. The molecule has 0 unspecified atom stereocenters. The molecular formula is C12H19N3. The maximum atomic E-state index is 5.68. The zero-order valence-electron chi connectivity index (χ0n) is 9.15. The molecule has 1 aromatic rings. The van der Waals surface area contributed by atoms with E-state index in [0.29, 0.717) is 0 Å². The van der Waals surface area contributed by atoms with Crippen LogP contribution in [0.5, 0.6) is 0 Å². The van der Waals surface area contributed by atoms with E-state index in [2.05, 4.69) is 9.88 Å². The fraction of sp³-hybridized carbons (Fsp3) is 0.583. The number of likely N-dealkylation sites (tertiary alicyclic amines) is 1. The highest BCUT2D eigenvalue weighted by atomic mass is 15.1. The number of hydrogen-bond acceptors (Lipinski definition) is 3. The Kier molecular flexibility index (Phi) is 3.56. The largest absolute Gasteiger partial charge is 0.397 e. The van der Waals surface area contributed by atoms with Crippen molar-refractivity contribution in [2.75, 3.05) is 25.4 Å². The first kappa shape index (κ1) is 10.4. The molecule has 2 N–H and O–H groups in total. The van der Waals surface area contributed by atoms with Gasteiger partial charge in [0.15, 0.2) is 0 Å². The lowest BCUT2D eigenvalue weighted by atomic mass is 10.1. The summed E-state index contributed by atoms with van der Waals surface area (Å²) in [5.41, 5.74) is 7.71. The summed E-state index contributed by atoms with van der Waals surface area (Å²) in [6.07, 6.45) is 8.67. The molecule has 0 saturated carbocycles. The van der Waals surface area contributed by atoms with E-state index in [4.69, 9.17) is 5.73 Å². The molecule has 0 aromatic carbocycles. The average Bonchev–Trinajstić information content (AvgIpc) is 2.71. The molecule has 2 rings (SSSR count). The highest BCUT2D eigenvalue weighted by molar-refractivity contribution is 5.36. The molecule has 0 radical (unpaired) electrons. The number of nitrogen functional groups attached to an aromatic ring is 1. The minimum atomic E-state index is 0.772. The van der Waals surface area contributed by atoms with Gasteiger partial charge in [0.2, 0.25) is 0 Å². The van der Waals surface area contributed by atoms with Crippen LogP contribution in [0, 0.1) is 0 Å². The molecule has 0 amide bonds. The van der Waals surface area contributed by atoms with Crippen LogP contribution in [0.3, 0.4) is 0 Å². The van der Waals surface area contributed by atoms with E-state index < -0.39 is 0 Å². The molecule has 82 valence electrons. The number of nitrogens with zero attached hydrogens (tertiary/aromatic N) is 2. The van der Waals surface area contributed by atoms with Gasteiger partial charge in [-0.3, -0.25) is 4.98 Å². The smallest absolute Gasteiger partial charge is 0.0503 e. The van der Waals surface area contributed by atoms with Gasteiger partial charge in [-0.25, -0.2) is 0 Å². The Morgan fingerprint density at radius 3 is 2.80 bits per heavy atom. The van der Waals surface area contributed by atoms with Crippen LogP contribution < -0.4 is 5.73 Å². The van der Waals surface area contributed by atoms with E-state index in [1.165, 1.54) is 44.5 Å². The van der Waals surface area contributed by atoms with E-state index in [0.717, 1.165) is 12.1 Å². The zero-order valence-corrected chi connectivity index (χ0v) is 9.15. The van der Waals surface area contributed by atoms with E-state index in [1.54, 1.807) is 6.20 Å². The Balaban J connectivity index is 1.73. The van der Waals surface area contributed by atoms with E-state index in [9.17, 15) is 0 Å². The SMILES string of the molecule is Nc1cncc(CCCN2CCCC2)c1. The van der Waals surface area contributed by atoms with E-state index in [1.807, 2.05) is 12.3 Å². The third kappa shape index (κ3) is 3.20. The van der Waals surface area contributed by atoms with E-state index in [-0.39, 0.29) is 0 Å². The van der Waals surface area contributed by atoms with Crippen molar-refractivity contribution in [1.82, 2.24) is 9.88 Å². The van der Waals surface area contributed by atoms with Crippen LogP contribution in [0.15, 0.2) is 18.5 Å². The van der Waals surface area contributed by atoms with Crippen LogP contribution in [0.1, 0.15) is 24.8 Å². The first-order valence-electron chi connectivity index (χ1n) is 5.76. The van der Waals surface area contributed by atoms with Gasteiger partial charge in [-0.1, -0.05) is 0 Å². The number of pyridine rings is 1. The van der Waals surface area contributed by atoms with Gasteiger partial charge in [-0.2, -0.15) is 0 Å². The molecule has 15 heavy (non-hydrogen) atoms. The number of anilines is 1. The molecule has 1 aromatic heterocycles. The fourth-order valence-corrected chi connectivity index (χ4v) is 2.16. The number of rotatable bonds is 4. The van der Waals surface area contributed by atoms with Crippen molar-refractivity contribution in [2.45, 2.75) is 25.7 Å². The maximum Gasteiger partial charge on any atom is 0.0503 e. The van der Waals surface area contributed by atoms with E-state index >= 15 is 0 Å². The summed E-state index contributed by atoms with van der Waals surface area (Å²) in [5, 5.41) is 0. The molecule has 3 heteroatoms. The summed E-state index contributed by atoms with van der Waals surface area (Å²) >= 11 is 0. The lowest BCUT2D eigenvalue weighted by Crippen LogP contribution is -2.20. The summed E-state index contributed by atoms with van der Waals surface area (Å²) in [4.78, 5) is 6.64. The summed E-state index contributed by atoms with van der Waals surface area (Å²) < 4.78 is 0. The molecule has 1 saturated heterocycles. The van der Waals surface area contributed by atoms with Crippen molar-refractivity contribution in [3.05, 3.63) is 24.0 Å². The Hall–Kier alpha value is -1.09. The minimum Gasteiger partial charge on any atom is -0.397 e. The van der Waals surface area contributed by atoms with Crippen LogP contribution in [0.4, 0.5) is 5.69 Å². The maximum absolute atomic E-state index is 5.68. The van der Waals surface area contributed by atoms with Gasteiger partial charge in [-0.15, -0.1) is 0 Å². The monoisotopic (exact) mass is 205 g/mol. The second-order valence-corrected chi connectivity index (χ2v) is 4.28. The topological polar surface area (TPSA) is 42.1 Å². The molecular weight excluding hydrogens is 186 g/mol. The van der Waals surface area contributed by atoms with Crippen molar-refractivity contribution in [3.8, 4) is 0 Å². The Morgan fingerprint density at radius 2 is 2.07 bits per heavy atom. The summed E-state index contributed by atoms with van der Waals surface area (Å²) in [7, 11) is 0. The molecule has 1 fully saturated rings. The lowest BCUT2D eigenvalue weighted by Gasteiger charge is -2.13.